The lowest BCUT2D eigenvalue weighted by Gasteiger charge is -2.09. The van der Waals surface area contributed by atoms with Gasteiger partial charge in [0.05, 0.1) is 4.92 Å². The number of hydrogen-bond acceptors (Lipinski definition) is 3. The molecule has 2 aromatic carbocycles. The van der Waals surface area contributed by atoms with Crippen LogP contribution in [0.2, 0.25) is 0 Å². The van der Waals surface area contributed by atoms with Gasteiger partial charge in [0.1, 0.15) is 0 Å². The highest BCUT2D eigenvalue weighted by Crippen LogP contribution is 2.20. The van der Waals surface area contributed by atoms with E-state index in [1.165, 1.54) is 23.8 Å². The molecule has 1 atom stereocenters. The highest BCUT2D eigenvalue weighted by Gasteiger charge is 2.05. The van der Waals surface area contributed by atoms with Crippen LogP contribution in [-0.2, 0) is 4.79 Å². The Hall–Kier alpha value is -2.95. The van der Waals surface area contributed by atoms with E-state index in [0.29, 0.717) is 11.5 Å². The normalized spacial score (nSPS) is 12.1. The third-order valence-corrected chi connectivity index (χ3v) is 3.87. The molecule has 0 radical (unpaired) electrons. The third kappa shape index (κ3) is 4.78. The molecule has 0 aromatic heterocycles. The molecule has 5 nitrogen and oxygen atoms in total. The van der Waals surface area contributed by atoms with Gasteiger partial charge in [0.2, 0.25) is 5.91 Å². The van der Waals surface area contributed by atoms with Gasteiger partial charge in [0.15, 0.2) is 0 Å². The van der Waals surface area contributed by atoms with Crippen molar-refractivity contribution in [3.05, 3.63) is 75.8 Å². The molecule has 5 heteroatoms. The largest absolute Gasteiger partial charge is 0.323 e. The van der Waals surface area contributed by atoms with Crippen molar-refractivity contribution in [1.29, 1.82) is 0 Å². The molecule has 0 saturated heterocycles. The van der Waals surface area contributed by atoms with E-state index in [1.807, 2.05) is 24.3 Å². The topological polar surface area (TPSA) is 72.2 Å². The van der Waals surface area contributed by atoms with Crippen LogP contribution in [0, 0.1) is 10.1 Å². The molecule has 124 valence electrons. The maximum atomic E-state index is 11.9. The van der Waals surface area contributed by atoms with Crippen molar-refractivity contribution in [2.45, 2.75) is 26.2 Å². The summed E-state index contributed by atoms with van der Waals surface area (Å²) >= 11 is 0. The van der Waals surface area contributed by atoms with Gasteiger partial charge in [0, 0.05) is 23.9 Å². The first-order valence-electron chi connectivity index (χ1n) is 7.83. The summed E-state index contributed by atoms with van der Waals surface area (Å²) in [6, 6.07) is 13.9. The fourth-order valence-corrected chi connectivity index (χ4v) is 2.23. The summed E-state index contributed by atoms with van der Waals surface area (Å²) in [5, 5.41) is 13.5. The minimum Gasteiger partial charge on any atom is -0.323 e. The van der Waals surface area contributed by atoms with Gasteiger partial charge in [-0.25, -0.2) is 0 Å². The van der Waals surface area contributed by atoms with Crippen LogP contribution in [0.25, 0.3) is 6.08 Å². The Morgan fingerprint density at radius 2 is 1.96 bits per heavy atom. The van der Waals surface area contributed by atoms with Crippen molar-refractivity contribution in [3.63, 3.8) is 0 Å². The lowest BCUT2D eigenvalue weighted by molar-refractivity contribution is -0.384. The van der Waals surface area contributed by atoms with Crippen LogP contribution < -0.4 is 5.32 Å². The molecule has 2 rings (SSSR count). The Labute approximate surface area is 141 Å². The molecule has 0 fully saturated rings. The summed E-state index contributed by atoms with van der Waals surface area (Å²) in [4.78, 5) is 22.2. The van der Waals surface area contributed by atoms with E-state index >= 15 is 0 Å². The van der Waals surface area contributed by atoms with Gasteiger partial charge in [-0.2, -0.15) is 0 Å². The molecule has 0 aliphatic heterocycles. The highest BCUT2D eigenvalue weighted by atomic mass is 16.6. The zero-order valence-corrected chi connectivity index (χ0v) is 13.7. The number of hydrogen-bond donors (Lipinski definition) is 1. The third-order valence-electron chi connectivity index (χ3n) is 3.87. The number of nitro groups is 1. The number of nitro benzene ring substituents is 1. The zero-order chi connectivity index (χ0) is 17.5. The van der Waals surface area contributed by atoms with Crippen molar-refractivity contribution in [1.82, 2.24) is 0 Å². The molecule has 0 heterocycles. The van der Waals surface area contributed by atoms with Crippen LogP contribution in [0.3, 0.4) is 0 Å². The number of nitrogens with one attached hydrogen (secondary N) is 1. The Morgan fingerprint density at radius 3 is 2.58 bits per heavy atom. The van der Waals surface area contributed by atoms with E-state index in [1.54, 1.807) is 18.2 Å². The summed E-state index contributed by atoms with van der Waals surface area (Å²) < 4.78 is 0. The molecule has 0 aliphatic rings. The quantitative estimate of drug-likeness (QED) is 0.473. The number of rotatable bonds is 6. The van der Waals surface area contributed by atoms with Crippen LogP contribution >= 0.6 is 0 Å². The first-order valence-corrected chi connectivity index (χ1v) is 7.83. The maximum absolute atomic E-state index is 11.9. The van der Waals surface area contributed by atoms with Gasteiger partial charge < -0.3 is 5.32 Å². The van der Waals surface area contributed by atoms with Crippen LogP contribution in [0.1, 0.15) is 37.3 Å². The van der Waals surface area contributed by atoms with Crippen LogP contribution in [0.15, 0.2) is 54.6 Å². The molecule has 0 saturated carbocycles. The number of carbonyl (C=O) groups excluding carboxylic acids is 1. The summed E-state index contributed by atoms with van der Waals surface area (Å²) in [7, 11) is 0. The Kier molecular flexibility index (Phi) is 5.84. The van der Waals surface area contributed by atoms with Gasteiger partial charge in [-0.05, 0) is 41.7 Å². The zero-order valence-electron chi connectivity index (χ0n) is 13.7. The molecule has 1 N–H and O–H groups in total. The highest BCUT2D eigenvalue weighted by molar-refractivity contribution is 6.01. The molecule has 1 amide bonds. The molecular formula is C19H20N2O3. The Balaban J connectivity index is 2.00. The fraction of sp³-hybridized carbons (Fsp3) is 0.211. The first-order chi connectivity index (χ1) is 11.5. The summed E-state index contributed by atoms with van der Waals surface area (Å²) in [6.07, 6.45) is 3.98. The van der Waals surface area contributed by atoms with E-state index in [9.17, 15) is 14.9 Å². The lowest BCUT2D eigenvalue weighted by atomic mass is 9.99. The number of nitrogens with zero attached hydrogens (tertiary/aromatic N) is 1. The van der Waals surface area contributed by atoms with Crippen LogP contribution in [-0.4, -0.2) is 10.8 Å². The van der Waals surface area contributed by atoms with Crippen molar-refractivity contribution in [3.8, 4) is 0 Å². The smallest absolute Gasteiger partial charge is 0.270 e. The van der Waals surface area contributed by atoms with Crippen molar-refractivity contribution >= 4 is 23.4 Å². The number of non-ortho nitro benzene ring substituents is 1. The second kappa shape index (κ2) is 8.06. The average molecular weight is 324 g/mol. The molecule has 2 aromatic rings. The van der Waals surface area contributed by atoms with Crippen LogP contribution in [0.5, 0.6) is 0 Å². The average Bonchev–Trinajstić information content (AvgIpc) is 2.60. The van der Waals surface area contributed by atoms with Gasteiger partial charge >= 0.3 is 0 Å². The van der Waals surface area contributed by atoms with Crippen molar-refractivity contribution < 1.29 is 9.72 Å². The van der Waals surface area contributed by atoms with E-state index in [0.717, 1.165) is 12.1 Å². The molecule has 1 unspecified atom stereocenters. The predicted molar refractivity (Wildman–Crippen MR) is 95.9 cm³/mol. The van der Waals surface area contributed by atoms with Crippen LogP contribution in [0.4, 0.5) is 11.4 Å². The fourth-order valence-electron chi connectivity index (χ4n) is 2.23. The van der Waals surface area contributed by atoms with Gasteiger partial charge in [-0.3, -0.25) is 14.9 Å². The monoisotopic (exact) mass is 324 g/mol. The van der Waals surface area contributed by atoms with Crippen molar-refractivity contribution in [2.24, 2.45) is 0 Å². The van der Waals surface area contributed by atoms with Gasteiger partial charge in [-0.1, -0.05) is 38.1 Å². The summed E-state index contributed by atoms with van der Waals surface area (Å²) in [5.41, 5.74) is 2.56. The standard InChI is InChI=1S/C19H20N2O3/c1-3-14(2)16-8-10-17(11-9-16)20-19(22)12-7-15-5-4-6-18(13-15)21(23)24/h4-14H,3H2,1-2H3,(H,20,22)/b12-7+. The SMILES string of the molecule is CCC(C)c1ccc(NC(=O)/C=C/c2cccc([N+](=O)[O-])c2)cc1. The minimum absolute atomic E-state index is 0.00168. The Morgan fingerprint density at radius 1 is 1.25 bits per heavy atom. The van der Waals surface area contributed by atoms with E-state index in [-0.39, 0.29) is 11.6 Å². The second-order valence-corrected chi connectivity index (χ2v) is 5.61. The maximum Gasteiger partial charge on any atom is 0.270 e. The lowest BCUT2D eigenvalue weighted by Crippen LogP contribution is -2.07. The Bertz CT molecular complexity index is 751. The van der Waals surface area contributed by atoms with E-state index in [4.69, 9.17) is 0 Å². The van der Waals surface area contributed by atoms with Gasteiger partial charge in [0.25, 0.3) is 5.69 Å². The molecule has 0 aliphatic carbocycles. The number of anilines is 1. The molecule has 24 heavy (non-hydrogen) atoms. The predicted octanol–water partition coefficient (Wildman–Crippen LogP) is 4.76. The second-order valence-electron chi connectivity index (χ2n) is 5.61. The molecular weight excluding hydrogens is 304 g/mol. The number of benzene rings is 2. The minimum atomic E-state index is -0.462. The first kappa shape index (κ1) is 17.4. The number of carbonyl (C=O) groups is 1. The summed E-state index contributed by atoms with van der Waals surface area (Å²) in [5.74, 6) is 0.210. The summed E-state index contributed by atoms with van der Waals surface area (Å²) in [6.45, 7) is 4.30. The van der Waals surface area contributed by atoms with Gasteiger partial charge in [-0.15, -0.1) is 0 Å². The van der Waals surface area contributed by atoms with E-state index < -0.39 is 4.92 Å². The van der Waals surface area contributed by atoms with E-state index in [2.05, 4.69) is 19.2 Å². The number of amides is 1. The van der Waals surface area contributed by atoms with Crippen molar-refractivity contribution in [2.75, 3.05) is 5.32 Å². The molecule has 0 spiro atoms. The molecule has 0 bridgehead atoms.